The number of amides is 1. The van der Waals surface area contributed by atoms with Gasteiger partial charge in [0.15, 0.2) is 0 Å². The predicted molar refractivity (Wildman–Crippen MR) is 63.5 cm³/mol. The van der Waals surface area contributed by atoms with Crippen molar-refractivity contribution in [3.05, 3.63) is 35.1 Å². The number of rotatable bonds is 6. The fraction of sp³-hybridized carbons (Fsp3) is 0.333. The maximum absolute atomic E-state index is 13.6. The minimum atomic E-state index is -0.897. The molecule has 0 aliphatic carbocycles. The third-order valence-electron chi connectivity index (χ3n) is 2.49. The van der Waals surface area contributed by atoms with Gasteiger partial charge in [-0.25, -0.2) is 4.39 Å². The number of hydrogen-bond acceptors (Lipinski definition) is 3. The second-order valence-corrected chi connectivity index (χ2v) is 4.05. The molecule has 0 fully saturated rings. The smallest absolute Gasteiger partial charge is 0.304 e. The van der Waals surface area contributed by atoms with Gasteiger partial charge < -0.3 is 15.7 Å². The molecular weight excluding hydrogens is 239 g/mol. The monoisotopic (exact) mass is 254 g/mol. The van der Waals surface area contributed by atoms with E-state index in [1.807, 2.05) is 0 Å². The van der Waals surface area contributed by atoms with Crippen molar-refractivity contribution >= 4 is 11.9 Å². The van der Waals surface area contributed by atoms with E-state index in [1.54, 1.807) is 11.9 Å². The lowest BCUT2D eigenvalue weighted by atomic mass is 10.1. The molecule has 0 atom stereocenters. The molecule has 0 radical (unpaired) electrons. The standard InChI is InChI=1S/C12H15FN2O3/c1-15(5-4-11(16)17)7-9-3-2-8(12(14)18)6-10(9)13/h2-3,6H,4-5,7H2,1H3,(H2,14,18)(H,16,17). The van der Waals surface area contributed by atoms with Gasteiger partial charge in [-0.15, -0.1) is 0 Å². The van der Waals surface area contributed by atoms with Crippen molar-refractivity contribution < 1.29 is 19.1 Å². The molecule has 0 aliphatic rings. The zero-order valence-electron chi connectivity index (χ0n) is 10.0. The van der Waals surface area contributed by atoms with Gasteiger partial charge in [-0.3, -0.25) is 9.59 Å². The molecule has 0 aromatic heterocycles. The van der Waals surface area contributed by atoms with E-state index < -0.39 is 17.7 Å². The molecule has 0 heterocycles. The normalized spacial score (nSPS) is 10.6. The van der Waals surface area contributed by atoms with Crippen LogP contribution in [0.15, 0.2) is 18.2 Å². The van der Waals surface area contributed by atoms with Gasteiger partial charge in [0.1, 0.15) is 5.82 Å². The van der Waals surface area contributed by atoms with Gasteiger partial charge in [-0.1, -0.05) is 6.07 Å². The summed E-state index contributed by atoms with van der Waals surface area (Å²) in [5.74, 6) is -2.10. The van der Waals surface area contributed by atoms with E-state index in [1.165, 1.54) is 12.1 Å². The summed E-state index contributed by atoms with van der Waals surface area (Å²) in [5, 5.41) is 8.53. The van der Waals surface area contributed by atoms with Crippen molar-refractivity contribution in [3.8, 4) is 0 Å². The Balaban J connectivity index is 2.67. The number of carbonyl (C=O) groups is 2. The molecule has 1 aromatic carbocycles. The van der Waals surface area contributed by atoms with E-state index in [0.29, 0.717) is 12.1 Å². The van der Waals surface area contributed by atoms with E-state index in [2.05, 4.69) is 0 Å². The summed E-state index contributed by atoms with van der Waals surface area (Å²) in [7, 11) is 1.70. The number of aliphatic carboxylic acids is 1. The molecule has 3 N–H and O–H groups in total. The lowest BCUT2D eigenvalue weighted by Gasteiger charge is -2.16. The van der Waals surface area contributed by atoms with Crippen LogP contribution in [0.1, 0.15) is 22.3 Å². The lowest BCUT2D eigenvalue weighted by molar-refractivity contribution is -0.137. The highest BCUT2D eigenvalue weighted by Crippen LogP contribution is 2.12. The molecule has 0 bridgehead atoms. The molecule has 1 rings (SSSR count). The molecule has 1 aromatic rings. The number of nitrogens with zero attached hydrogens (tertiary/aromatic N) is 1. The Hall–Kier alpha value is -1.95. The molecule has 98 valence electrons. The second kappa shape index (κ2) is 6.11. The quantitative estimate of drug-likeness (QED) is 0.787. The fourth-order valence-electron chi connectivity index (χ4n) is 1.49. The summed E-state index contributed by atoms with van der Waals surface area (Å²) in [5.41, 5.74) is 5.55. The van der Waals surface area contributed by atoms with Gasteiger partial charge in [0.05, 0.1) is 6.42 Å². The number of carboxylic acids is 1. The number of carboxylic acid groups (broad SMARTS) is 1. The van der Waals surface area contributed by atoms with Crippen molar-refractivity contribution in [2.45, 2.75) is 13.0 Å². The van der Waals surface area contributed by atoms with Crippen LogP contribution in [-0.2, 0) is 11.3 Å². The zero-order valence-corrected chi connectivity index (χ0v) is 10.0. The van der Waals surface area contributed by atoms with E-state index in [9.17, 15) is 14.0 Å². The summed E-state index contributed by atoms with van der Waals surface area (Å²) in [6.07, 6.45) is -0.00249. The highest BCUT2D eigenvalue weighted by Gasteiger charge is 2.09. The molecule has 5 nitrogen and oxygen atoms in total. The van der Waals surface area contributed by atoms with Gasteiger partial charge >= 0.3 is 5.97 Å². The molecule has 0 saturated carbocycles. The van der Waals surface area contributed by atoms with Crippen LogP contribution in [0.2, 0.25) is 0 Å². The Bertz CT molecular complexity index is 463. The van der Waals surface area contributed by atoms with Crippen molar-refractivity contribution in [1.29, 1.82) is 0 Å². The number of primary amides is 1. The molecule has 0 aliphatic heterocycles. The van der Waals surface area contributed by atoms with Crippen molar-refractivity contribution in [3.63, 3.8) is 0 Å². The van der Waals surface area contributed by atoms with Gasteiger partial charge in [-0.2, -0.15) is 0 Å². The highest BCUT2D eigenvalue weighted by atomic mass is 19.1. The summed E-state index contributed by atoms with van der Waals surface area (Å²) in [4.78, 5) is 22.9. The minimum absolute atomic E-state index is 0.00249. The summed E-state index contributed by atoms with van der Waals surface area (Å²) in [6.45, 7) is 0.602. The summed E-state index contributed by atoms with van der Waals surface area (Å²) >= 11 is 0. The molecular formula is C12H15FN2O3. The maximum atomic E-state index is 13.6. The molecule has 6 heteroatoms. The molecule has 0 spiro atoms. The number of nitrogens with two attached hydrogens (primary N) is 1. The first-order valence-corrected chi connectivity index (χ1v) is 5.38. The Morgan fingerprint density at radius 2 is 2.11 bits per heavy atom. The Morgan fingerprint density at radius 1 is 1.44 bits per heavy atom. The van der Waals surface area contributed by atoms with Gasteiger partial charge in [0, 0.05) is 24.2 Å². The Morgan fingerprint density at radius 3 is 2.61 bits per heavy atom. The molecule has 1 amide bonds. The predicted octanol–water partition coefficient (Wildman–Crippen LogP) is 0.831. The van der Waals surface area contributed by atoms with Gasteiger partial charge in [0.2, 0.25) is 5.91 Å². The third kappa shape index (κ3) is 4.14. The second-order valence-electron chi connectivity index (χ2n) is 4.05. The van der Waals surface area contributed by atoms with Crippen LogP contribution in [0.5, 0.6) is 0 Å². The molecule has 0 saturated heterocycles. The van der Waals surface area contributed by atoms with Crippen LogP contribution in [0.3, 0.4) is 0 Å². The first-order chi connectivity index (χ1) is 8.40. The average molecular weight is 254 g/mol. The average Bonchev–Trinajstić information content (AvgIpc) is 2.29. The summed E-state index contributed by atoms with van der Waals surface area (Å²) in [6, 6.07) is 4.02. The van der Waals surface area contributed by atoms with Gasteiger partial charge in [-0.05, 0) is 19.2 Å². The van der Waals surface area contributed by atoms with Crippen LogP contribution in [0.25, 0.3) is 0 Å². The van der Waals surface area contributed by atoms with Crippen molar-refractivity contribution in [2.75, 3.05) is 13.6 Å². The number of halogens is 1. The lowest BCUT2D eigenvalue weighted by Crippen LogP contribution is -2.22. The first-order valence-electron chi connectivity index (χ1n) is 5.38. The molecule has 0 unspecified atom stereocenters. The maximum Gasteiger partial charge on any atom is 0.304 e. The van der Waals surface area contributed by atoms with Crippen LogP contribution in [-0.4, -0.2) is 35.5 Å². The Labute approximate surface area is 104 Å². The zero-order chi connectivity index (χ0) is 13.7. The topological polar surface area (TPSA) is 83.6 Å². The number of benzene rings is 1. The number of carbonyl (C=O) groups excluding carboxylic acids is 1. The van der Waals surface area contributed by atoms with Crippen LogP contribution in [0, 0.1) is 5.82 Å². The van der Waals surface area contributed by atoms with Crippen LogP contribution in [0.4, 0.5) is 4.39 Å². The highest BCUT2D eigenvalue weighted by molar-refractivity contribution is 5.92. The summed E-state index contributed by atoms with van der Waals surface area (Å²) < 4.78 is 13.6. The first kappa shape index (κ1) is 14.1. The largest absolute Gasteiger partial charge is 0.481 e. The van der Waals surface area contributed by atoms with Crippen LogP contribution < -0.4 is 5.73 Å². The van der Waals surface area contributed by atoms with E-state index in [4.69, 9.17) is 10.8 Å². The van der Waals surface area contributed by atoms with E-state index in [-0.39, 0.29) is 18.5 Å². The minimum Gasteiger partial charge on any atom is -0.481 e. The molecule has 18 heavy (non-hydrogen) atoms. The van der Waals surface area contributed by atoms with E-state index >= 15 is 0 Å². The fourth-order valence-corrected chi connectivity index (χ4v) is 1.49. The van der Waals surface area contributed by atoms with E-state index in [0.717, 1.165) is 6.07 Å². The van der Waals surface area contributed by atoms with Crippen molar-refractivity contribution in [1.82, 2.24) is 4.90 Å². The third-order valence-corrected chi connectivity index (χ3v) is 2.49. The van der Waals surface area contributed by atoms with Crippen molar-refractivity contribution in [2.24, 2.45) is 5.73 Å². The van der Waals surface area contributed by atoms with Crippen LogP contribution >= 0.6 is 0 Å². The van der Waals surface area contributed by atoms with Gasteiger partial charge in [0.25, 0.3) is 0 Å². The SMILES string of the molecule is CN(CCC(=O)O)Cc1ccc(C(N)=O)cc1F. The number of hydrogen-bond donors (Lipinski definition) is 2. The Kier molecular flexibility index (Phi) is 4.79.